The van der Waals surface area contributed by atoms with Gasteiger partial charge in [0.05, 0.1) is 24.6 Å². The van der Waals surface area contributed by atoms with Crippen molar-refractivity contribution in [2.45, 2.75) is 39.5 Å². The summed E-state index contributed by atoms with van der Waals surface area (Å²) in [4.78, 5) is 12.7. The summed E-state index contributed by atoms with van der Waals surface area (Å²) in [6.07, 6.45) is 0.289. The number of rotatable bonds is 6. The average Bonchev–Trinajstić information content (AvgIpc) is 2.65. The van der Waals surface area contributed by atoms with Crippen LogP contribution in [0.2, 0.25) is 0 Å². The predicted molar refractivity (Wildman–Crippen MR) is 112 cm³/mol. The Morgan fingerprint density at radius 3 is 2.55 bits per heavy atom. The van der Waals surface area contributed by atoms with E-state index in [9.17, 15) is 13.2 Å². The Kier molecular flexibility index (Phi) is 6.02. The number of carbonyl (C=O) groups excluding carboxylic acids is 1. The largest absolute Gasteiger partial charge is 0.491 e. The molecule has 0 fully saturated rings. The molecule has 1 N–H and O–H groups in total. The molecule has 7 nitrogen and oxygen atoms in total. The van der Waals surface area contributed by atoms with Gasteiger partial charge < -0.3 is 14.8 Å². The quantitative estimate of drug-likeness (QED) is 0.780. The summed E-state index contributed by atoms with van der Waals surface area (Å²) >= 11 is 0. The molecule has 0 saturated carbocycles. The fourth-order valence-corrected chi connectivity index (χ4v) is 3.98. The second-order valence-corrected chi connectivity index (χ2v) is 9.31. The van der Waals surface area contributed by atoms with Gasteiger partial charge in [-0.1, -0.05) is 18.2 Å². The Labute approximate surface area is 171 Å². The molecule has 2 aromatic rings. The molecular weight excluding hydrogens is 392 g/mol. The van der Waals surface area contributed by atoms with Crippen molar-refractivity contribution in [3.05, 3.63) is 53.6 Å². The number of anilines is 1. The van der Waals surface area contributed by atoms with Crippen LogP contribution in [0, 0.1) is 6.92 Å². The maximum atomic E-state index is 12.7. The lowest BCUT2D eigenvalue weighted by atomic mass is 10.1. The van der Waals surface area contributed by atoms with Crippen molar-refractivity contribution < 1.29 is 22.7 Å². The highest BCUT2D eigenvalue weighted by Gasteiger charge is 2.34. The smallest absolute Gasteiger partial charge is 0.263 e. The van der Waals surface area contributed by atoms with E-state index < -0.39 is 16.1 Å². The summed E-state index contributed by atoms with van der Waals surface area (Å²) in [5, 5.41) is 2.82. The number of sulfonamides is 1. The number of nitrogens with zero attached hydrogens (tertiary/aromatic N) is 1. The molecule has 1 atom stereocenters. The van der Waals surface area contributed by atoms with Crippen LogP contribution < -0.4 is 19.1 Å². The topological polar surface area (TPSA) is 84.9 Å². The number of nitrogens with one attached hydrogen (secondary N) is 1. The normalized spacial score (nSPS) is 16.2. The van der Waals surface area contributed by atoms with E-state index in [1.165, 1.54) is 4.31 Å². The third kappa shape index (κ3) is 5.20. The minimum atomic E-state index is -3.54. The molecule has 0 aliphatic carbocycles. The minimum Gasteiger partial charge on any atom is -0.491 e. The molecule has 8 heteroatoms. The van der Waals surface area contributed by atoms with Gasteiger partial charge >= 0.3 is 0 Å². The first kappa shape index (κ1) is 21.0. The lowest BCUT2D eigenvalue weighted by Gasteiger charge is -2.34. The fraction of sp³-hybridized carbons (Fsp3) is 0.381. The van der Waals surface area contributed by atoms with Crippen molar-refractivity contribution in [2.24, 2.45) is 0 Å². The first-order valence-corrected chi connectivity index (χ1v) is 11.3. The molecule has 1 unspecified atom stereocenters. The Balaban J connectivity index is 1.69. The Morgan fingerprint density at radius 2 is 1.93 bits per heavy atom. The van der Waals surface area contributed by atoms with Crippen molar-refractivity contribution >= 4 is 21.6 Å². The van der Waals surface area contributed by atoms with Gasteiger partial charge in [0.2, 0.25) is 10.0 Å². The van der Waals surface area contributed by atoms with E-state index in [1.54, 1.807) is 12.1 Å². The van der Waals surface area contributed by atoms with Crippen LogP contribution in [-0.2, 0) is 21.4 Å². The van der Waals surface area contributed by atoms with E-state index >= 15 is 0 Å². The van der Waals surface area contributed by atoms with E-state index in [0.717, 1.165) is 23.1 Å². The summed E-state index contributed by atoms with van der Waals surface area (Å²) in [6, 6.07) is 12.7. The molecule has 1 amide bonds. The summed E-state index contributed by atoms with van der Waals surface area (Å²) in [7, 11) is -3.54. The highest BCUT2D eigenvalue weighted by Crippen LogP contribution is 2.35. The summed E-state index contributed by atoms with van der Waals surface area (Å²) in [5.41, 5.74) is 2.27. The zero-order valence-electron chi connectivity index (χ0n) is 17.0. The van der Waals surface area contributed by atoms with Gasteiger partial charge in [-0.3, -0.25) is 9.10 Å². The van der Waals surface area contributed by atoms with Crippen LogP contribution in [0.1, 0.15) is 25.0 Å². The second kappa shape index (κ2) is 8.32. The number of hydrogen-bond acceptors (Lipinski definition) is 5. The molecule has 1 heterocycles. The van der Waals surface area contributed by atoms with Gasteiger partial charge in [-0.15, -0.1) is 0 Å². The van der Waals surface area contributed by atoms with Gasteiger partial charge in [0, 0.05) is 6.54 Å². The molecular formula is C21H26N2O5S. The number of amides is 1. The molecule has 0 aromatic heterocycles. The van der Waals surface area contributed by atoms with Crippen LogP contribution in [0.25, 0.3) is 0 Å². The first-order chi connectivity index (χ1) is 13.6. The van der Waals surface area contributed by atoms with E-state index in [1.807, 2.05) is 51.1 Å². The highest BCUT2D eigenvalue weighted by atomic mass is 32.2. The number of ether oxygens (including phenoxy) is 2. The Bertz CT molecular complexity index is 987. The van der Waals surface area contributed by atoms with Gasteiger partial charge in [0.1, 0.15) is 11.5 Å². The Hall–Kier alpha value is -2.74. The number of fused-ring (bicyclic) bond motifs is 1. The molecule has 2 aromatic carbocycles. The monoisotopic (exact) mass is 418 g/mol. The van der Waals surface area contributed by atoms with Crippen molar-refractivity contribution in [2.75, 3.05) is 17.1 Å². The summed E-state index contributed by atoms with van der Waals surface area (Å²) in [5.74, 6) is 0.774. The minimum absolute atomic E-state index is 0.0672. The van der Waals surface area contributed by atoms with Gasteiger partial charge in [0.15, 0.2) is 6.10 Å². The number of benzene rings is 2. The highest BCUT2D eigenvalue weighted by molar-refractivity contribution is 7.92. The lowest BCUT2D eigenvalue weighted by molar-refractivity contribution is -0.127. The molecule has 156 valence electrons. The second-order valence-electron chi connectivity index (χ2n) is 7.40. The van der Waals surface area contributed by atoms with Crippen molar-refractivity contribution in [1.82, 2.24) is 5.32 Å². The number of hydrogen-bond donors (Lipinski definition) is 1. The maximum absolute atomic E-state index is 12.7. The number of aryl methyl sites for hydroxylation is 1. The zero-order valence-corrected chi connectivity index (χ0v) is 17.8. The maximum Gasteiger partial charge on any atom is 0.263 e. The third-order valence-corrected chi connectivity index (χ3v) is 5.59. The van der Waals surface area contributed by atoms with Gasteiger partial charge in [0.25, 0.3) is 5.91 Å². The van der Waals surface area contributed by atoms with Crippen molar-refractivity contribution in [1.29, 1.82) is 0 Å². The predicted octanol–water partition coefficient (Wildman–Crippen LogP) is 2.63. The molecule has 0 bridgehead atoms. The molecule has 29 heavy (non-hydrogen) atoms. The van der Waals surface area contributed by atoms with Crippen LogP contribution in [0.5, 0.6) is 11.5 Å². The molecule has 0 radical (unpaired) electrons. The summed E-state index contributed by atoms with van der Waals surface area (Å²) < 4.78 is 37.1. The third-order valence-electron chi connectivity index (χ3n) is 4.44. The van der Waals surface area contributed by atoms with Gasteiger partial charge in [-0.2, -0.15) is 0 Å². The van der Waals surface area contributed by atoms with E-state index in [-0.39, 0.29) is 18.6 Å². The van der Waals surface area contributed by atoms with Crippen LogP contribution in [0.15, 0.2) is 42.5 Å². The molecule has 3 rings (SSSR count). The van der Waals surface area contributed by atoms with Crippen LogP contribution in [0.3, 0.4) is 0 Å². The number of carbonyl (C=O) groups is 1. The van der Waals surface area contributed by atoms with E-state index in [2.05, 4.69) is 5.32 Å². The van der Waals surface area contributed by atoms with Crippen molar-refractivity contribution in [3.63, 3.8) is 0 Å². The SMILES string of the molecule is Cc1ccc2c(c1)N(S(C)(=O)=O)CC(C(=O)NCc1ccc(OC(C)C)cc1)O2. The van der Waals surface area contributed by atoms with Crippen LogP contribution in [0.4, 0.5) is 5.69 Å². The van der Waals surface area contributed by atoms with Gasteiger partial charge in [-0.05, 0) is 56.2 Å². The fourth-order valence-electron chi connectivity index (χ4n) is 3.07. The van der Waals surface area contributed by atoms with E-state index in [4.69, 9.17) is 9.47 Å². The average molecular weight is 419 g/mol. The molecule has 0 spiro atoms. The van der Waals surface area contributed by atoms with Crippen molar-refractivity contribution in [3.8, 4) is 11.5 Å². The van der Waals surface area contributed by atoms with E-state index in [0.29, 0.717) is 18.0 Å². The standard InChI is InChI=1S/C21H26N2O5S/c1-14(2)27-17-8-6-16(7-9-17)12-22-21(24)20-13-23(29(4,25)26)18-11-15(3)5-10-19(18)28-20/h5-11,14,20H,12-13H2,1-4H3,(H,22,24). The van der Waals surface area contributed by atoms with Crippen LogP contribution in [-0.4, -0.2) is 39.3 Å². The zero-order chi connectivity index (χ0) is 21.2. The molecule has 1 aliphatic rings. The lowest BCUT2D eigenvalue weighted by Crippen LogP contribution is -2.50. The molecule has 0 saturated heterocycles. The first-order valence-electron chi connectivity index (χ1n) is 9.42. The van der Waals surface area contributed by atoms with Gasteiger partial charge in [-0.25, -0.2) is 8.42 Å². The van der Waals surface area contributed by atoms with Crippen LogP contribution >= 0.6 is 0 Å². The Morgan fingerprint density at radius 1 is 1.24 bits per heavy atom. The summed E-state index contributed by atoms with van der Waals surface area (Å²) in [6.45, 7) is 6.02. The molecule has 1 aliphatic heterocycles.